The Labute approximate surface area is 214 Å². The number of carbonyl (C=O) groups excluding carboxylic acids is 1. The number of nitrogens with one attached hydrogen (secondary N) is 1. The van der Waals surface area contributed by atoms with Crippen LogP contribution in [0.5, 0.6) is 0 Å². The van der Waals surface area contributed by atoms with E-state index < -0.39 is 81.8 Å². The minimum Gasteiger partial charge on any atom is -0.388 e. The molecular weight excluding hydrogens is 564 g/mol. The molecule has 0 radical (unpaired) electrons. The first kappa shape index (κ1) is 29.9. The average Bonchev–Trinajstić information content (AvgIpc) is 2.81. The van der Waals surface area contributed by atoms with Crippen molar-refractivity contribution in [3.8, 4) is 0 Å². The molecule has 1 saturated carbocycles. The van der Waals surface area contributed by atoms with E-state index in [1.807, 2.05) is 0 Å². The molecule has 2 aromatic carbocycles. The quantitative estimate of drug-likeness (QED) is 0.494. The summed E-state index contributed by atoms with van der Waals surface area (Å²) in [6, 6.07) is 4.90. The zero-order valence-electron chi connectivity index (χ0n) is 19.7. The maximum Gasteiger partial charge on any atom is 0.416 e. The number of hydrogen-bond donors (Lipinski definition) is 2. The van der Waals surface area contributed by atoms with Crippen molar-refractivity contribution < 1.29 is 53.1 Å². The molecule has 0 unspecified atom stereocenters. The first-order valence-corrected chi connectivity index (χ1v) is 14.5. The lowest BCUT2D eigenvalue weighted by molar-refractivity contribution is -0.138. The highest BCUT2D eigenvalue weighted by atomic mass is 32.2. The van der Waals surface area contributed by atoms with Crippen molar-refractivity contribution in [1.82, 2.24) is 5.32 Å². The lowest BCUT2D eigenvalue weighted by atomic mass is 9.84. The van der Waals surface area contributed by atoms with Gasteiger partial charge in [-0.3, -0.25) is 4.79 Å². The lowest BCUT2D eigenvalue weighted by Crippen LogP contribution is -2.47. The van der Waals surface area contributed by atoms with Crippen LogP contribution in [0.15, 0.2) is 52.3 Å². The van der Waals surface area contributed by atoms with Gasteiger partial charge in [-0.1, -0.05) is 6.07 Å². The van der Waals surface area contributed by atoms with Crippen LogP contribution in [-0.4, -0.2) is 51.5 Å². The fourth-order valence-electron chi connectivity index (χ4n) is 4.19. The molecule has 0 bridgehead atoms. The molecule has 0 saturated heterocycles. The Morgan fingerprint density at radius 2 is 1.50 bits per heavy atom. The summed E-state index contributed by atoms with van der Waals surface area (Å²) in [5.74, 6) is -1.06. The molecule has 15 heteroatoms. The van der Waals surface area contributed by atoms with Crippen LogP contribution in [0, 0.1) is 0 Å². The van der Waals surface area contributed by atoms with Gasteiger partial charge in [-0.05, 0) is 62.1 Å². The number of alkyl halides is 6. The summed E-state index contributed by atoms with van der Waals surface area (Å²) < 4.78 is 128. The van der Waals surface area contributed by atoms with E-state index in [0.29, 0.717) is 30.5 Å². The number of aliphatic hydroxyl groups is 1. The monoisotopic (exact) mass is 587 g/mol. The van der Waals surface area contributed by atoms with E-state index in [-0.39, 0.29) is 25.7 Å². The second-order valence-electron chi connectivity index (χ2n) is 9.16. The third-order valence-electron chi connectivity index (χ3n) is 6.32. The van der Waals surface area contributed by atoms with Gasteiger partial charge in [0.15, 0.2) is 19.7 Å². The van der Waals surface area contributed by atoms with Gasteiger partial charge in [0, 0.05) is 12.8 Å². The predicted molar refractivity (Wildman–Crippen MR) is 123 cm³/mol. The van der Waals surface area contributed by atoms with Crippen LogP contribution in [0.3, 0.4) is 0 Å². The molecule has 7 nitrogen and oxygen atoms in total. The maximum absolute atomic E-state index is 13.0. The van der Waals surface area contributed by atoms with E-state index in [4.69, 9.17) is 0 Å². The number of benzene rings is 2. The molecule has 210 valence electrons. The molecular formula is C23H23F6NO6S2. The number of carbonyl (C=O) groups is 1. The zero-order chi connectivity index (χ0) is 28.7. The van der Waals surface area contributed by atoms with Gasteiger partial charge in [-0.2, -0.15) is 26.3 Å². The minimum absolute atomic E-state index is 0.139. The second kappa shape index (κ2) is 10.2. The molecule has 0 spiro atoms. The molecule has 38 heavy (non-hydrogen) atoms. The number of hydrogen-bond acceptors (Lipinski definition) is 6. The average molecular weight is 588 g/mol. The zero-order valence-corrected chi connectivity index (χ0v) is 21.4. The van der Waals surface area contributed by atoms with E-state index >= 15 is 0 Å². The van der Waals surface area contributed by atoms with Gasteiger partial charge in [0.05, 0.1) is 37.3 Å². The predicted octanol–water partition coefficient (Wildman–Crippen LogP) is 4.01. The Morgan fingerprint density at radius 3 is 2.03 bits per heavy atom. The van der Waals surface area contributed by atoms with Gasteiger partial charge >= 0.3 is 12.4 Å². The van der Waals surface area contributed by atoms with Gasteiger partial charge in [-0.15, -0.1) is 0 Å². The summed E-state index contributed by atoms with van der Waals surface area (Å²) in [6.45, 7) is -0.466. The van der Waals surface area contributed by atoms with Gasteiger partial charge in [-0.25, -0.2) is 16.8 Å². The van der Waals surface area contributed by atoms with Crippen molar-refractivity contribution in [3.05, 3.63) is 59.2 Å². The third kappa shape index (κ3) is 6.67. The topological polar surface area (TPSA) is 118 Å². The van der Waals surface area contributed by atoms with Crippen LogP contribution >= 0.6 is 0 Å². The highest BCUT2D eigenvalue weighted by molar-refractivity contribution is 7.92. The number of rotatable bonds is 6. The summed E-state index contributed by atoms with van der Waals surface area (Å²) in [5.41, 5.74) is -4.59. The van der Waals surface area contributed by atoms with Crippen LogP contribution in [0.4, 0.5) is 26.3 Å². The van der Waals surface area contributed by atoms with E-state index in [9.17, 15) is 53.1 Å². The number of halogens is 6. The number of sulfone groups is 2. The molecule has 2 aromatic rings. The fourth-order valence-corrected chi connectivity index (χ4v) is 6.89. The fraction of sp³-hybridized carbons (Fsp3) is 0.435. The largest absolute Gasteiger partial charge is 0.416 e. The maximum atomic E-state index is 13.0. The number of amides is 1. The lowest BCUT2D eigenvalue weighted by Gasteiger charge is -2.36. The normalized spacial score (nSPS) is 21.2. The summed E-state index contributed by atoms with van der Waals surface area (Å²) in [7, 11) is -8.41. The Bertz CT molecular complexity index is 1430. The van der Waals surface area contributed by atoms with Crippen molar-refractivity contribution >= 4 is 25.6 Å². The molecule has 1 aliphatic rings. The SMILES string of the molecule is CS(=O)(=O)c1cc(C(F)(F)F)ccc1C(=O)NCC1(O)CCC(S(=O)(=O)c2cccc(C(F)(F)F)c2)CC1. The molecule has 0 heterocycles. The molecule has 1 amide bonds. The third-order valence-corrected chi connectivity index (χ3v) is 9.72. The Balaban J connectivity index is 1.71. The molecule has 1 aliphatic carbocycles. The molecule has 3 rings (SSSR count). The van der Waals surface area contributed by atoms with Crippen LogP contribution in [0.1, 0.15) is 47.2 Å². The van der Waals surface area contributed by atoms with Crippen LogP contribution in [0.2, 0.25) is 0 Å². The minimum atomic E-state index is -4.85. The summed E-state index contributed by atoms with van der Waals surface area (Å²) >= 11 is 0. The summed E-state index contributed by atoms with van der Waals surface area (Å²) in [6.07, 6.45) is -9.56. The summed E-state index contributed by atoms with van der Waals surface area (Å²) in [5, 5.41) is 12.0. The van der Waals surface area contributed by atoms with Gasteiger partial charge in [0.25, 0.3) is 5.91 Å². The van der Waals surface area contributed by atoms with E-state index in [2.05, 4.69) is 5.32 Å². The molecule has 0 aliphatic heterocycles. The van der Waals surface area contributed by atoms with Crippen molar-refractivity contribution in [2.45, 2.75) is 58.7 Å². The highest BCUT2D eigenvalue weighted by Crippen LogP contribution is 2.37. The van der Waals surface area contributed by atoms with Crippen molar-refractivity contribution in [1.29, 1.82) is 0 Å². The Hall–Kier alpha value is -2.65. The van der Waals surface area contributed by atoms with Crippen LogP contribution in [-0.2, 0) is 32.0 Å². The van der Waals surface area contributed by atoms with Gasteiger partial charge in [0.2, 0.25) is 0 Å². The van der Waals surface area contributed by atoms with Crippen molar-refractivity contribution in [2.24, 2.45) is 0 Å². The van der Waals surface area contributed by atoms with Crippen LogP contribution < -0.4 is 5.32 Å². The van der Waals surface area contributed by atoms with E-state index in [0.717, 1.165) is 18.2 Å². The highest BCUT2D eigenvalue weighted by Gasteiger charge is 2.40. The summed E-state index contributed by atoms with van der Waals surface area (Å²) in [4.78, 5) is 11.3. The van der Waals surface area contributed by atoms with E-state index in [1.165, 1.54) is 0 Å². The smallest absolute Gasteiger partial charge is 0.388 e. The molecule has 0 aromatic heterocycles. The van der Waals surface area contributed by atoms with Gasteiger partial charge in [0.1, 0.15) is 0 Å². The molecule has 2 N–H and O–H groups in total. The first-order chi connectivity index (χ1) is 17.2. The Kier molecular flexibility index (Phi) is 7.99. The van der Waals surface area contributed by atoms with E-state index in [1.54, 1.807) is 0 Å². The molecule has 1 fully saturated rings. The standard InChI is InChI=1S/C23H23F6NO6S2/c1-37(33,34)19-12-15(23(27,28)29)5-6-18(19)20(31)30-13-21(32)9-7-16(8-10-21)38(35,36)17-4-2-3-14(11-17)22(24,25)26/h2-6,11-12,16,32H,7-10,13H2,1H3,(H,30,31). The second-order valence-corrected chi connectivity index (χ2v) is 13.4. The molecule has 0 atom stereocenters. The van der Waals surface area contributed by atoms with Crippen molar-refractivity contribution in [2.75, 3.05) is 12.8 Å². The van der Waals surface area contributed by atoms with Crippen LogP contribution in [0.25, 0.3) is 0 Å². The van der Waals surface area contributed by atoms with Crippen molar-refractivity contribution in [3.63, 3.8) is 0 Å². The first-order valence-electron chi connectivity index (χ1n) is 11.1. The van der Waals surface area contributed by atoms with Gasteiger partial charge < -0.3 is 10.4 Å². The Morgan fingerprint density at radius 1 is 0.947 bits per heavy atom.